The quantitative estimate of drug-likeness (QED) is 0.821. The van der Waals surface area contributed by atoms with E-state index in [0.717, 1.165) is 16.6 Å². The van der Waals surface area contributed by atoms with Crippen LogP contribution >= 0.6 is 15.9 Å². The predicted molar refractivity (Wildman–Crippen MR) is 62.6 cm³/mol. The van der Waals surface area contributed by atoms with Crippen molar-refractivity contribution >= 4 is 15.9 Å². The molecule has 1 aromatic rings. The van der Waals surface area contributed by atoms with E-state index in [9.17, 15) is 0 Å². The second kappa shape index (κ2) is 5.83. The topological polar surface area (TPSA) is 35.2 Å². The molecule has 76 valence electrons. The van der Waals surface area contributed by atoms with Crippen LogP contribution in [0.3, 0.4) is 0 Å². The van der Waals surface area contributed by atoms with Crippen molar-refractivity contribution in [3.05, 3.63) is 40.9 Å². The SMILES string of the molecule is C=CCOc1ccc(CCN)cc1Br. The van der Waals surface area contributed by atoms with Crippen molar-refractivity contribution in [3.63, 3.8) is 0 Å². The second-order valence-corrected chi connectivity index (χ2v) is 3.76. The first-order chi connectivity index (χ1) is 6.77. The first kappa shape index (κ1) is 11.3. The fourth-order valence-electron chi connectivity index (χ4n) is 1.13. The van der Waals surface area contributed by atoms with Gasteiger partial charge in [0.2, 0.25) is 0 Å². The van der Waals surface area contributed by atoms with Crippen molar-refractivity contribution in [1.29, 1.82) is 0 Å². The van der Waals surface area contributed by atoms with E-state index in [1.54, 1.807) is 6.08 Å². The lowest BCUT2D eigenvalue weighted by molar-refractivity contribution is 0.361. The Hall–Kier alpha value is -0.800. The van der Waals surface area contributed by atoms with Crippen molar-refractivity contribution in [2.24, 2.45) is 5.73 Å². The summed E-state index contributed by atoms with van der Waals surface area (Å²) in [7, 11) is 0. The molecule has 1 aromatic carbocycles. The highest BCUT2D eigenvalue weighted by Gasteiger charge is 2.01. The summed E-state index contributed by atoms with van der Waals surface area (Å²) in [5.74, 6) is 0.839. The third kappa shape index (κ3) is 3.16. The fraction of sp³-hybridized carbons (Fsp3) is 0.273. The zero-order valence-corrected chi connectivity index (χ0v) is 9.59. The Bertz CT molecular complexity index is 312. The molecule has 0 aliphatic rings. The van der Waals surface area contributed by atoms with Gasteiger partial charge in [0.05, 0.1) is 4.47 Å². The van der Waals surface area contributed by atoms with Crippen LogP contribution in [-0.4, -0.2) is 13.2 Å². The Labute approximate surface area is 92.9 Å². The van der Waals surface area contributed by atoms with E-state index in [0.29, 0.717) is 13.2 Å². The maximum atomic E-state index is 5.47. The predicted octanol–water partition coefficient (Wildman–Crippen LogP) is 2.52. The molecule has 0 bridgehead atoms. The Kier molecular flexibility index (Phi) is 4.70. The van der Waals surface area contributed by atoms with Gasteiger partial charge in [-0.15, -0.1) is 0 Å². The molecule has 2 N–H and O–H groups in total. The number of ether oxygens (including phenoxy) is 1. The molecule has 0 aliphatic carbocycles. The summed E-state index contributed by atoms with van der Waals surface area (Å²) >= 11 is 3.45. The Morgan fingerprint density at radius 2 is 2.29 bits per heavy atom. The van der Waals surface area contributed by atoms with Crippen molar-refractivity contribution in [3.8, 4) is 5.75 Å². The molecule has 14 heavy (non-hydrogen) atoms. The van der Waals surface area contributed by atoms with Gasteiger partial charge in [-0.3, -0.25) is 0 Å². The lowest BCUT2D eigenvalue weighted by atomic mass is 10.1. The van der Waals surface area contributed by atoms with Crippen molar-refractivity contribution < 1.29 is 4.74 Å². The Morgan fingerprint density at radius 3 is 2.86 bits per heavy atom. The molecule has 0 aliphatic heterocycles. The molecule has 0 amide bonds. The number of halogens is 1. The van der Waals surface area contributed by atoms with Crippen molar-refractivity contribution in [1.82, 2.24) is 0 Å². The lowest BCUT2D eigenvalue weighted by Gasteiger charge is -2.07. The Balaban J connectivity index is 2.73. The van der Waals surface area contributed by atoms with Gasteiger partial charge < -0.3 is 10.5 Å². The van der Waals surface area contributed by atoms with E-state index in [-0.39, 0.29) is 0 Å². The molecular weight excluding hydrogens is 242 g/mol. The summed E-state index contributed by atoms with van der Waals surface area (Å²) in [6, 6.07) is 6.00. The van der Waals surface area contributed by atoms with E-state index >= 15 is 0 Å². The van der Waals surface area contributed by atoms with Crippen LogP contribution in [0.4, 0.5) is 0 Å². The van der Waals surface area contributed by atoms with Gasteiger partial charge >= 0.3 is 0 Å². The van der Waals surface area contributed by atoms with Crippen LogP contribution in [0.2, 0.25) is 0 Å². The van der Waals surface area contributed by atoms with Crippen LogP contribution in [-0.2, 0) is 6.42 Å². The molecule has 2 nitrogen and oxygen atoms in total. The van der Waals surface area contributed by atoms with Gasteiger partial charge in [0, 0.05) is 0 Å². The van der Waals surface area contributed by atoms with Crippen LogP contribution in [0.1, 0.15) is 5.56 Å². The highest BCUT2D eigenvalue weighted by molar-refractivity contribution is 9.10. The number of benzene rings is 1. The highest BCUT2D eigenvalue weighted by Crippen LogP contribution is 2.26. The van der Waals surface area contributed by atoms with Crippen LogP contribution in [0.25, 0.3) is 0 Å². The molecule has 0 unspecified atom stereocenters. The van der Waals surface area contributed by atoms with Crippen LogP contribution in [0.15, 0.2) is 35.3 Å². The summed E-state index contributed by atoms with van der Waals surface area (Å²) in [5, 5.41) is 0. The molecular formula is C11H14BrNO. The maximum absolute atomic E-state index is 5.47. The van der Waals surface area contributed by atoms with Gasteiger partial charge in [-0.25, -0.2) is 0 Å². The first-order valence-corrected chi connectivity index (χ1v) is 5.29. The Morgan fingerprint density at radius 1 is 1.50 bits per heavy atom. The summed E-state index contributed by atoms with van der Waals surface area (Å²) in [6.07, 6.45) is 2.61. The fourth-order valence-corrected chi connectivity index (χ4v) is 1.67. The molecule has 0 radical (unpaired) electrons. The molecule has 1 rings (SSSR count). The summed E-state index contributed by atoms with van der Waals surface area (Å²) in [5.41, 5.74) is 6.68. The minimum atomic E-state index is 0.523. The largest absolute Gasteiger partial charge is 0.488 e. The number of nitrogens with two attached hydrogens (primary N) is 1. The van der Waals surface area contributed by atoms with E-state index < -0.39 is 0 Å². The van der Waals surface area contributed by atoms with Gasteiger partial charge in [0.15, 0.2) is 0 Å². The molecule has 0 atom stereocenters. The number of hydrogen-bond acceptors (Lipinski definition) is 2. The summed E-state index contributed by atoms with van der Waals surface area (Å²) in [4.78, 5) is 0. The molecule has 0 saturated heterocycles. The molecule has 3 heteroatoms. The number of rotatable bonds is 5. The smallest absolute Gasteiger partial charge is 0.133 e. The zero-order valence-electron chi connectivity index (χ0n) is 8.00. The van der Waals surface area contributed by atoms with E-state index in [1.807, 2.05) is 18.2 Å². The zero-order chi connectivity index (χ0) is 10.4. The summed E-state index contributed by atoms with van der Waals surface area (Å²) < 4.78 is 6.39. The van der Waals surface area contributed by atoms with E-state index in [2.05, 4.69) is 22.5 Å². The highest BCUT2D eigenvalue weighted by atomic mass is 79.9. The van der Waals surface area contributed by atoms with E-state index in [1.165, 1.54) is 5.56 Å². The van der Waals surface area contributed by atoms with Crippen molar-refractivity contribution in [2.45, 2.75) is 6.42 Å². The maximum Gasteiger partial charge on any atom is 0.133 e. The standard InChI is InChI=1S/C11H14BrNO/c1-2-7-14-11-4-3-9(5-6-13)8-10(11)12/h2-4,8H,1,5-7,13H2. The second-order valence-electron chi connectivity index (χ2n) is 2.90. The average molecular weight is 256 g/mol. The van der Waals surface area contributed by atoms with Crippen LogP contribution in [0, 0.1) is 0 Å². The molecule has 0 aromatic heterocycles. The van der Waals surface area contributed by atoms with E-state index in [4.69, 9.17) is 10.5 Å². The lowest BCUT2D eigenvalue weighted by Crippen LogP contribution is -2.02. The van der Waals surface area contributed by atoms with Gasteiger partial charge in [-0.2, -0.15) is 0 Å². The molecule has 0 saturated carbocycles. The van der Waals surface area contributed by atoms with Crippen LogP contribution < -0.4 is 10.5 Å². The average Bonchev–Trinajstić information content (AvgIpc) is 2.17. The van der Waals surface area contributed by atoms with Gasteiger partial charge in [0.1, 0.15) is 12.4 Å². The first-order valence-electron chi connectivity index (χ1n) is 4.50. The van der Waals surface area contributed by atoms with Gasteiger partial charge in [0.25, 0.3) is 0 Å². The monoisotopic (exact) mass is 255 g/mol. The molecule has 0 fully saturated rings. The van der Waals surface area contributed by atoms with Gasteiger partial charge in [-0.1, -0.05) is 18.7 Å². The third-order valence-corrected chi connectivity index (χ3v) is 2.41. The summed E-state index contributed by atoms with van der Waals surface area (Å²) in [6.45, 7) is 4.78. The molecule has 0 spiro atoms. The third-order valence-electron chi connectivity index (χ3n) is 1.79. The normalized spacial score (nSPS) is 9.86. The minimum absolute atomic E-state index is 0.523. The van der Waals surface area contributed by atoms with Gasteiger partial charge in [-0.05, 0) is 46.6 Å². The number of hydrogen-bond donors (Lipinski definition) is 1. The van der Waals surface area contributed by atoms with Crippen molar-refractivity contribution in [2.75, 3.05) is 13.2 Å². The minimum Gasteiger partial charge on any atom is -0.488 e. The molecule has 0 heterocycles. The van der Waals surface area contributed by atoms with Crippen LogP contribution in [0.5, 0.6) is 5.75 Å².